The Bertz CT molecular complexity index is 581. The van der Waals surface area contributed by atoms with E-state index in [1.54, 1.807) is 0 Å². The number of alkyl halides is 1. The summed E-state index contributed by atoms with van der Waals surface area (Å²) in [7, 11) is 0. The first-order chi connectivity index (χ1) is 9.02. The van der Waals surface area contributed by atoms with E-state index in [1.165, 1.54) is 6.07 Å². The predicted molar refractivity (Wildman–Crippen MR) is 72.8 cm³/mol. The summed E-state index contributed by atoms with van der Waals surface area (Å²) in [4.78, 5) is 0. The largest absolute Gasteiger partial charge is 0.310 e. The molecular formula is C13H14BrF2N3. The summed E-state index contributed by atoms with van der Waals surface area (Å²) in [5.41, 5.74) is 0.527. The standard InChI is InChI=1S/C13H14BrF2N3/c1-8(2)7-19-12(6-14)17-18-13(19)9-3-4-10(15)11(16)5-9/h3-5,8H,6-7H2,1-2H3. The van der Waals surface area contributed by atoms with E-state index in [4.69, 9.17) is 0 Å². The highest BCUT2D eigenvalue weighted by Gasteiger charge is 2.15. The second kappa shape index (κ2) is 5.77. The van der Waals surface area contributed by atoms with Crippen LogP contribution in [0, 0.1) is 17.6 Å². The molecule has 0 radical (unpaired) electrons. The molecule has 0 saturated heterocycles. The molecule has 102 valence electrons. The monoisotopic (exact) mass is 329 g/mol. The average Bonchev–Trinajstić information content (AvgIpc) is 2.75. The minimum atomic E-state index is -0.878. The van der Waals surface area contributed by atoms with E-state index in [0.29, 0.717) is 22.6 Å². The van der Waals surface area contributed by atoms with Crippen LogP contribution in [0.4, 0.5) is 8.78 Å². The Balaban J connectivity index is 2.48. The first-order valence-electron chi connectivity index (χ1n) is 5.96. The van der Waals surface area contributed by atoms with Crippen molar-refractivity contribution in [2.45, 2.75) is 25.7 Å². The van der Waals surface area contributed by atoms with Crippen molar-refractivity contribution >= 4 is 15.9 Å². The summed E-state index contributed by atoms with van der Waals surface area (Å²) in [5.74, 6) is -0.00953. The zero-order chi connectivity index (χ0) is 14.0. The van der Waals surface area contributed by atoms with Crippen LogP contribution >= 0.6 is 15.9 Å². The molecular weight excluding hydrogens is 316 g/mol. The summed E-state index contributed by atoms with van der Waals surface area (Å²) in [6.45, 7) is 4.88. The van der Waals surface area contributed by atoms with Gasteiger partial charge in [-0.15, -0.1) is 10.2 Å². The lowest BCUT2D eigenvalue weighted by molar-refractivity contribution is 0.506. The fraction of sp³-hybridized carbons (Fsp3) is 0.385. The van der Waals surface area contributed by atoms with Gasteiger partial charge >= 0.3 is 0 Å². The summed E-state index contributed by atoms with van der Waals surface area (Å²) < 4.78 is 28.2. The van der Waals surface area contributed by atoms with Crippen molar-refractivity contribution < 1.29 is 8.78 Å². The Labute approximate surface area is 118 Å². The highest BCUT2D eigenvalue weighted by atomic mass is 79.9. The van der Waals surface area contributed by atoms with Gasteiger partial charge in [0.15, 0.2) is 17.5 Å². The Hall–Kier alpha value is -1.30. The molecule has 0 bridgehead atoms. The van der Waals surface area contributed by atoms with E-state index < -0.39 is 11.6 Å². The van der Waals surface area contributed by atoms with Crippen molar-refractivity contribution in [3.05, 3.63) is 35.7 Å². The van der Waals surface area contributed by atoms with E-state index in [-0.39, 0.29) is 0 Å². The zero-order valence-electron chi connectivity index (χ0n) is 10.7. The number of halogens is 3. The first kappa shape index (κ1) is 14.1. The van der Waals surface area contributed by atoms with E-state index >= 15 is 0 Å². The lowest BCUT2D eigenvalue weighted by Gasteiger charge is -2.11. The third-order valence-corrected chi connectivity index (χ3v) is 3.17. The third kappa shape index (κ3) is 3.00. The van der Waals surface area contributed by atoms with Gasteiger partial charge < -0.3 is 4.57 Å². The molecule has 0 unspecified atom stereocenters. The number of hydrogen-bond donors (Lipinski definition) is 0. The molecule has 3 nitrogen and oxygen atoms in total. The molecule has 2 aromatic rings. The Morgan fingerprint density at radius 2 is 1.95 bits per heavy atom. The molecule has 19 heavy (non-hydrogen) atoms. The van der Waals surface area contributed by atoms with Crippen LogP contribution in [0.25, 0.3) is 11.4 Å². The number of hydrogen-bond acceptors (Lipinski definition) is 2. The third-order valence-electron chi connectivity index (χ3n) is 2.67. The van der Waals surface area contributed by atoms with Gasteiger partial charge in [0.2, 0.25) is 0 Å². The van der Waals surface area contributed by atoms with Gasteiger partial charge in [-0.2, -0.15) is 0 Å². The lowest BCUT2D eigenvalue weighted by Crippen LogP contribution is -2.09. The van der Waals surface area contributed by atoms with Crippen LogP contribution in [0.3, 0.4) is 0 Å². The molecule has 0 atom stereocenters. The Morgan fingerprint density at radius 3 is 2.53 bits per heavy atom. The number of nitrogens with zero attached hydrogens (tertiary/aromatic N) is 3. The normalized spacial score (nSPS) is 11.3. The van der Waals surface area contributed by atoms with Gasteiger partial charge in [0.05, 0.1) is 5.33 Å². The maximum atomic E-state index is 13.3. The topological polar surface area (TPSA) is 30.7 Å². The number of aromatic nitrogens is 3. The van der Waals surface area contributed by atoms with Crippen LogP contribution in [0.5, 0.6) is 0 Å². The summed E-state index contributed by atoms with van der Waals surface area (Å²) in [6, 6.07) is 3.76. The van der Waals surface area contributed by atoms with Crippen LogP contribution in [-0.4, -0.2) is 14.8 Å². The zero-order valence-corrected chi connectivity index (χ0v) is 12.3. The lowest BCUT2D eigenvalue weighted by atomic mass is 10.1. The molecule has 0 amide bonds. The molecule has 1 aromatic heterocycles. The van der Waals surface area contributed by atoms with Crippen molar-refractivity contribution in [1.82, 2.24) is 14.8 Å². The fourth-order valence-corrected chi connectivity index (χ4v) is 2.25. The fourth-order valence-electron chi connectivity index (χ4n) is 1.84. The quantitative estimate of drug-likeness (QED) is 0.799. The Morgan fingerprint density at radius 1 is 1.21 bits per heavy atom. The van der Waals surface area contributed by atoms with Crippen molar-refractivity contribution in [3.63, 3.8) is 0 Å². The molecule has 0 fully saturated rings. The van der Waals surface area contributed by atoms with Gasteiger partial charge in [0, 0.05) is 12.1 Å². The minimum absolute atomic E-state index is 0.401. The van der Waals surface area contributed by atoms with Crippen molar-refractivity contribution in [1.29, 1.82) is 0 Å². The van der Waals surface area contributed by atoms with Crippen molar-refractivity contribution in [2.24, 2.45) is 5.92 Å². The number of rotatable bonds is 4. The van der Waals surface area contributed by atoms with Gasteiger partial charge in [-0.05, 0) is 24.1 Å². The van der Waals surface area contributed by atoms with Crippen LogP contribution in [0.2, 0.25) is 0 Å². The molecule has 0 saturated carbocycles. The molecule has 6 heteroatoms. The van der Waals surface area contributed by atoms with Gasteiger partial charge in [-0.25, -0.2) is 8.78 Å². The summed E-state index contributed by atoms with van der Waals surface area (Å²) in [6.07, 6.45) is 0. The van der Waals surface area contributed by atoms with Crippen LogP contribution in [-0.2, 0) is 11.9 Å². The van der Waals surface area contributed by atoms with E-state index in [2.05, 4.69) is 40.0 Å². The van der Waals surface area contributed by atoms with Gasteiger partial charge in [-0.3, -0.25) is 0 Å². The Kier molecular flexibility index (Phi) is 4.29. The van der Waals surface area contributed by atoms with E-state index in [9.17, 15) is 8.78 Å². The highest BCUT2D eigenvalue weighted by Crippen LogP contribution is 2.22. The molecule has 1 aromatic carbocycles. The average molecular weight is 330 g/mol. The second-order valence-corrected chi connectivity index (χ2v) is 5.27. The van der Waals surface area contributed by atoms with Gasteiger partial charge in [-0.1, -0.05) is 29.8 Å². The van der Waals surface area contributed by atoms with E-state index in [1.807, 2.05) is 4.57 Å². The maximum Gasteiger partial charge on any atom is 0.164 e. The van der Waals surface area contributed by atoms with E-state index in [0.717, 1.165) is 24.5 Å². The molecule has 0 aliphatic rings. The molecule has 0 spiro atoms. The van der Waals surface area contributed by atoms with Crippen LogP contribution < -0.4 is 0 Å². The summed E-state index contributed by atoms with van der Waals surface area (Å²) in [5, 5.41) is 8.71. The van der Waals surface area contributed by atoms with Crippen LogP contribution in [0.1, 0.15) is 19.7 Å². The number of benzene rings is 1. The molecule has 0 aliphatic heterocycles. The summed E-state index contributed by atoms with van der Waals surface area (Å²) >= 11 is 3.35. The molecule has 1 heterocycles. The smallest absolute Gasteiger partial charge is 0.164 e. The van der Waals surface area contributed by atoms with Crippen LogP contribution in [0.15, 0.2) is 18.2 Å². The van der Waals surface area contributed by atoms with Crippen molar-refractivity contribution in [3.8, 4) is 11.4 Å². The molecule has 2 rings (SSSR count). The first-order valence-corrected chi connectivity index (χ1v) is 7.08. The maximum absolute atomic E-state index is 13.3. The predicted octanol–water partition coefficient (Wildman–Crippen LogP) is 3.77. The van der Waals surface area contributed by atoms with Gasteiger partial charge in [0.25, 0.3) is 0 Å². The molecule has 0 N–H and O–H groups in total. The van der Waals surface area contributed by atoms with Gasteiger partial charge in [0.1, 0.15) is 5.82 Å². The highest BCUT2D eigenvalue weighted by molar-refractivity contribution is 9.08. The SMILES string of the molecule is CC(C)Cn1c(CBr)nnc1-c1ccc(F)c(F)c1. The van der Waals surface area contributed by atoms with Crippen molar-refractivity contribution in [2.75, 3.05) is 0 Å². The minimum Gasteiger partial charge on any atom is -0.310 e. The second-order valence-electron chi connectivity index (χ2n) is 4.71. The molecule has 0 aliphatic carbocycles.